The first-order valence-electron chi connectivity index (χ1n) is 9.13. The largest absolute Gasteiger partial charge is 0.484 e. The van der Waals surface area contributed by atoms with Gasteiger partial charge < -0.3 is 19.7 Å². The summed E-state index contributed by atoms with van der Waals surface area (Å²) in [7, 11) is 0. The van der Waals surface area contributed by atoms with Crippen LogP contribution in [-0.4, -0.2) is 45.4 Å². The Labute approximate surface area is 159 Å². The highest BCUT2D eigenvalue weighted by atomic mass is 16.5. The molecule has 0 radical (unpaired) electrons. The molecule has 0 unspecified atom stereocenters. The molecule has 1 atom stereocenters. The smallest absolute Gasteiger partial charge is 0.258 e. The van der Waals surface area contributed by atoms with Gasteiger partial charge in [0.25, 0.3) is 5.91 Å². The Bertz CT molecular complexity index is 766. The summed E-state index contributed by atoms with van der Waals surface area (Å²) in [4.78, 5) is 13.9. The Morgan fingerprint density at radius 2 is 1.85 bits per heavy atom. The van der Waals surface area contributed by atoms with E-state index in [0.717, 1.165) is 38.4 Å². The fraction of sp³-hybridized carbons (Fsp3) is 0.333. The average molecular weight is 366 g/mol. The van der Waals surface area contributed by atoms with Gasteiger partial charge in [0.2, 0.25) is 0 Å². The molecule has 1 amide bonds. The van der Waals surface area contributed by atoms with Crippen LogP contribution in [0.15, 0.2) is 54.6 Å². The van der Waals surface area contributed by atoms with Crippen LogP contribution < -0.4 is 15.0 Å². The molecule has 3 rings (SSSR count). The van der Waals surface area contributed by atoms with Gasteiger partial charge in [0, 0.05) is 0 Å². The van der Waals surface area contributed by atoms with E-state index in [9.17, 15) is 4.79 Å². The lowest BCUT2D eigenvalue weighted by molar-refractivity contribution is -0.909. The summed E-state index contributed by atoms with van der Waals surface area (Å²) in [6.07, 6.45) is 0. The predicted molar refractivity (Wildman–Crippen MR) is 100 cm³/mol. The van der Waals surface area contributed by atoms with E-state index in [1.807, 2.05) is 30.3 Å². The minimum Gasteiger partial charge on any atom is -0.484 e. The highest BCUT2D eigenvalue weighted by molar-refractivity contribution is 5.78. The molecule has 0 aromatic heterocycles. The lowest BCUT2D eigenvalue weighted by Crippen LogP contribution is -3.14. The number of rotatable bonds is 7. The zero-order valence-electron chi connectivity index (χ0n) is 15.2. The molecule has 6 nitrogen and oxygen atoms in total. The minimum atomic E-state index is -0.166. The number of carbonyl (C=O) groups is 1. The zero-order chi connectivity index (χ0) is 18.9. The van der Waals surface area contributed by atoms with Crippen molar-refractivity contribution in [1.29, 1.82) is 5.26 Å². The van der Waals surface area contributed by atoms with E-state index >= 15 is 0 Å². The molecule has 1 heterocycles. The van der Waals surface area contributed by atoms with Gasteiger partial charge in [0.1, 0.15) is 31.4 Å². The van der Waals surface area contributed by atoms with Gasteiger partial charge in [0.05, 0.1) is 24.8 Å². The number of morpholine rings is 1. The number of ether oxygens (including phenoxy) is 2. The molecule has 1 aliphatic heterocycles. The Hall–Kier alpha value is -2.88. The molecule has 6 heteroatoms. The van der Waals surface area contributed by atoms with Crippen LogP contribution in [0.4, 0.5) is 0 Å². The Morgan fingerprint density at radius 1 is 1.15 bits per heavy atom. The Morgan fingerprint density at radius 3 is 2.52 bits per heavy atom. The first-order valence-corrected chi connectivity index (χ1v) is 9.13. The first-order chi connectivity index (χ1) is 13.2. The maximum atomic E-state index is 12.4. The molecule has 1 fully saturated rings. The van der Waals surface area contributed by atoms with Crippen molar-refractivity contribution >= 4 is 5.91 Å². The molecular formula is C21H24N3O3+. The van der Waals surface area contributed by atoms with Crippen LogP contribution in [0.2, 0.25) is 0 Å². The third-order valence-corrected chi connectivity index (χ3v) is 4.58. The highest BCUT2D eigenvalue weighted by Gasteiger charge is 2.23. The fourth-order valence-electron chi connectivity index (χ4n) is 3.10. The van der Waals surface area contributed by atoms with Gasteiger partial charge in [-0.05, 0) is 29.8 Å². The molecule has 140 valence electrons. The van der Waals surface area contributed by atoms with E-state index < -0.39 is 0 Å². The van der Waals surface area contributed by atoms with Gasteiger partial charge in [-0.1, -0.05) is 30.3 Å². The van der Waals surface area contributed by atoms with Crippen molar-refractivity contribution in [2.75, 3.05) is 39.5 Å². The molecule has 27 heavy (non-hydrogen) atoms. The molecule has 1 saturated heterocycles. The van der Waals surface area contributed by atoms with Crippen LogP contribution in [0.25, 0.3) is 0 Å². The van der Waals surface area contributed by atoms with Crippen LogP contribution in [-0.2, 0) is 9.53 Å². The molecule has 2 aromatic rings. The normalized spacial score (nSPS) is 15.5. The molecular weight excluding hydrogens is 342 g/mol. The van der Waals surface area contributed by atoms with Crippen molar-refractivity contribution in [3.63, 3.8) is 0 Å². The molecule has 0 spiro atoms. The zero-order valence-corrected chi connectivity index (χ0v) is 15.2. The number of benzene rings is 2. The van der Waals surface area contributed by atoms with E-state index in [0.29, 0.717) is 11.3 Å². The molecule has 0 saturated carbocycles. The quantitative estimate of drug-likeness (QED) is 0.757. The third kappa shape index (κ3) is 5.81. The summed E-state index contributed by atoms with van der Waals surface area (Å²) in [5, 5.41) is 11.9. The van der Waals surface area contributed by atoms with Gasteiger partial charge in [0.15, 0.2) is 6.61 Å². The molecule has 1 aliphatic rings. The Balaban J connectivity index is 1.58. The summed E-state index contributed by atoms with van der Waals surface area (Å²) in [6.45, 7) is 4.16. The lowest BCUT2D eigenvalue weighted by atomic mass is 10.1. The number of nitrogens with zero attached hydrogens (tertiary/aromatic N) is 1. The second-order valence-corrected chi connectivity index (χ2v) is 6.52. The van der Waals surface area contributed by atoms with Crippen LogP contribution in [0.5, 0.6) is 5.75 Å². The van der Waals surface area contributed by atoms with E-state index in [-0.39, 0.29) is 18.6 Å². The molecule has 0 bridgehead atoms. The third-order valence-electron chi connectivity index (χ3n) is 4.58. The van der Waals surface area contributed by atoms with Gasteiger partial charge in [-0.25, -0.2) is 0 Å². The number of hydrogen-bond acceptors (Lipinski definition) is 4. The van der Waals surface area contributed by atoms with E-state index in [1.165, 1.54) is 4.90 Å². The number of hydrogen-bond donors (Lipinski definition) is 2. The second-order valence-electron chi connectivity index (χ2n) is 6.52. The summed E-state index contributed by atoms with van der Waals surface area (Å²) >= 11 is 0. The van der Waals surface area contributed by atoms with Crippen molar-refractivity contribution in [3.05, 3.63) is 65.7 Å². The van der Waals surface area contributed by atoms with Crippen LogP contribution in [0.1, 0.15) is 17.2 Å². The lowest BCUT2D eigenvalue weighted by Gasteiger charge is -2.28. The van der Waals surface area contributed by atoms with Gasteiger partial charge in [-0.15, -0.1) is 0 Å². The topological polar surface area (TPSA) is 75.8 Å². The number of carbonyl (C=O) groups excluding carboxylic acids is 1. The molecule has 2 N–H and O–H groups in total. The van der Waals surface area contributed by atoms with Crippen molar-refractivity contribution in [1.82, 2.24) is 5.32 Å². The van der Waals surface area contributed by atoms with Crippen LogP contribution in [0, 0.1) is 11.3 Å². The van der Waals surface area contributed by atoms with Crippen LogP contribution >= 0.6 is 0 Å². The van der Waals surface area contributed by atoms with Crippen molar-refractivity contribution in [2.45, 2.75) is 6.04 Å². The monoisotopic (exact) mass is 366 g/mol. The summed E-state index contributed by atoms with van der Waals surface area (Å²) in [5.74, 6) is 0.403. The van der Waals surface area contributed by atoms with Crippen molar-refractivity contribution in [2.24, 2.45) is 0 Å². The number of amides is 1. The SMILES string of the molecule is N#Cc1ccc(OCC(=O)N[C@@H](C[NH+]2CCOCC2)c2ccccc2)cc1. The minimum absolute atomic E-state index is 0.0618. The molecule has 0 aliphatic carbocycles. The summed E-state index contributed by atoms with van der Waals surface area (Å²) in [5.41, 5.74) is 1.65. The van der Waals surface area contributed by atoms with E-state index in [2.05, 4.69) is 11.4 Å². The maximum absolute atomic E-state index is 12.4. The van der Waals surface area contributed by atoms with Crippen molar-refractivity contribution < 1.29 is 19.2 Å². The van der Waals surface area contributed by atoms with E-state index in [4.69, 9.17) is 14.7 Å². The number of nitrogens with one attached hydrogen (secondary N) is 2. The van der Waals surface area contributed by atoms with Gasteiger partial charge in [-0.3, -0.25) is 4.79 Å². The summed E-state index contributed by atoms with van der Waals surface area (Å²) < 4.78 is 11.0. The predicted octanol–water partition coefficient (Wildman–Crippen LogP) is 0.710. The number of nitriles is 1. The van der Waals surface area contributed by atoms with Crippen molar-refractivity contribution in [3.8, 4) is 11.8 Å². The summed E-state index contributed by atoms with van der Waals surface area (Å²) in [6, 6.07) is 18.7. The first kappa shape index (κ1) is 18.9. The number of quaternary nitrogens is 1. The van der Waals surface area contributed by atoms with Gasteiger partial charge >= 0.3 is 0 Å². The van der Waals surface area contributed by atoms with Crippen LogP contribution in [0.3, 0.4) is 0 Å². The van der Waals surface area contributed by atoms with E-state index in [1.54, 1.807) is 24.3 Å². The molecule has 2 aromatic carbocycles. The Kier molecular flexibility index (Phi) is 6.80. The standard InChI is InChI=1S/C21H23N3O3/c22-14-17-6-8-19(9-7-17)27-16-21(25)23-20(18-4-2-1-3-5-18)15-24-10-12-26-13-11-24/h1-9,20H,10-13,15-16H2,(H,23,25)/p+1/t20-/m0/s1. The average Bonchev–Trinajstić information content (AvgIpc) is 2.73. The fourth-order valence-corrected chi connectivity index (χ4v) is 3.10. The second kappa shape index (κ2) is 9.72. The highest BCUT2D eigenvalue weighted by Crippen LogP contribution is 2.13. The van der Waals surface area contributed by atoms with Gasteiger partial charge in [-0.2, -0.15) is 5.26 Å². The maximum Gasteiger partial charge on any atom is 0.258 e.